The molecule has 0 aliphatic rings. The van der Waals surface area contributed by atoms with Crippen molar-refractivity contribution < 1.29 is 9.72 Å². The van der Waals surface area contributed by atoms with Gasteiger partial charge in [-0.15, -0.1) is 0 Å². The second-order valence-electron chi connectivity index (χ2n) is 5.18. The molecule has 3 aromatic rings. The maximum Gasteiger partial charge on any atom is 0.269 e. The number of para-hydroxylation sites is 1. The Balaban J connectivity index is 2.23. The number of nitrogens with zero attached hydrogens (tertiary/aromatic N) is 2. The van der Waals surface area contributed by atoms with Crippen molar-refractivity contribution in [3.05, 3.63) is 63.7 Å². The molecule has 0 radical (unpaired) electrons. The van der Waals surface area contributed by atoms with Crippen LogP contribution in [0, 0.1) is 10.1 Å². The Morgan fingerprint density at radius 2 is 1.92 bits per heavy atom. The van der Waals surface area contributed by atoms with Gasteiger partial charge in [-0.05, 0) is 35.4 Å². The Labute approximate surface area is 142 Å². The van der Waals surface area contributed by atoms with Crippen LogP contribution in [0.5, 0.6) is 0 Å². The molecule has 1 N–H and O–H groups in total. The molecule has 6 nitrogen and oxygen atoms in total. The molecular formula is C17H12ClN3O3. The van der Waals surface area contributed by atoms with Crippen molar-refractivity contribution in [2.24, 2.45) is 0 Å². The summed E-state index contributed by atoms with van der Waals surface area (Å²) >= 11 is 6.23. The van der Waals surface area contributed by atoms with Crippen LogP contribution in [0.3, 0.4) is 0 Å². The third kappa shape index (κ3) is 3.04. The zero-order valence-electron chi connectivity index (χ0n) is 12.6. The predicted octanol–water partition coefficient (Wildman–Crippen LogP) is 4.42. The summed E-state index contributed by atoms with van der Waals surface area (Å²) in [4.78, 5) is 26.1. The number of carbonyl (C=O) groups excluding carboxylic acids is 1. The van der Waals surface area contributed by atoms with Gasteiger partial charge in [0.05, 0.1) is 15.5 Å². The fourth-order valence-corrected chi connectivity index (χ4v) is 2.68. The third-order valence-corrected chi connectivity index (χ3v) is 3.79. The summed E-state index contributed by atoms with van der Waals surface area (Å²) in [5.74, 6) is 0.125. The lowest BCUT2D eigenvalue weighted by Gasteiger charge is -2.11. The molecule has 0 bridgehead atoms. The van der Waals surface area contributed by atoms with Crippen LogP contribution in [-0.2, 0) is 4.79 Å². The second kappa shape index (κ2) is 6.25. The fourth-order valence-electron chi connectivity index (χ4n) is 2.46. The van der Waals surface area contributed by atoms with Gasteiger partial charge in [0.1, 0.15) is 5.82 Å². The first kappa shape index (κ1) is 15.9. The van der Waals surface area contributed by atoms with E-state index in [0.717, 1.165) is 16.5 Å². The lowest BCUT2D eigenvalue weighted by atomic mass is 10.0. The minimum absolute atomic E-state index is 0.0113. The normalized spacial score (nSPS) is 10.6. The molecule has 0 unspecified atom stereocenters. The Bertz CT molecular complexity index is 955. The number of nitro benzene ring substituents is 1. The maximum atomic E-state index is 11.3. The summed E-state index contributed by atoms with van der Waals surface area (Å²) in [7, 11) is 0. The quantitative estimate of drug-likeness (QED) is 0.564. The number of hydrogen-bond acceptors (Lipinski definition) is 4. The molecule has 1 amide bonds. The third-order valence-electron chi connectivity index (χ3n) is 3.48. The molecule has 0 saturated heterocycles. The van der Waals surface area contributed by atoms with Gasteiger partial charge in [-0.1, -0.05) is 23.7 Å². The number of nitro groups is 1. The van der Waals surface area contributed by atoms with E-state index in [4.69, 9.17) is 11.6 Å². The summed E-state index contributed by atoms with van der Waals surface area (Å²) < 4.78 is 0. The van der Waals surface area contributed by atoms with Crippen molar-refractivity contribution >= 4 is 39.9 Å². The highest BCUT2D eigenvalue weighted by atomic mass is 35.5. The van der Waals surface area contributed by atoms with Crippen LogP contribution in [0.1, 0.15) is 6.92 Å². The number of hydrogen-bond donors (Lipinski definition) is 1. The molecule has 1 heterocycles. The van der Waals surface area contributed by atoms with Gasteiger partial charge >= 0.3 is 0 Å². The number of nitrogens with one attached hydrogen (secondary N) is 1. The van der Waals surface area contributed by atoms with Crippen molar-refractivity contribution in [2.75, 3.05) is 5.32 Å². The number of aromatic nitrogens is 1. The molecular weight excluding hydrogens is 330 g/mol. The molecule has 0 aliphatic carbocycles. The van der Waals surface area contributed by atoms with Crippen LogP contribution in [0.2, 0.25) is 5.02 Å². The van der Waals surface area contributed by atoms with Gasteiger partial charge in [0, 0.05) is 24.4 Å². The van der Waals surface area contributed by atoms with E-state index in [1.807, 2.05) is 6.07 Å². The molecule has 0 atom stereocenters. The van der Waals surface area contributed by atoms with Crippen molar-refractivity contribution in [3.63, 3.8) is 0 Å². The van der Waals surface area contributed by atoms with Gasteiger partial charge in [-0.25, -0.2) is 4.98 Å². The van der Waals surface area contributed by atoms with E-state index >= 15 is 0 Å². The van der Waals surface area contributed by atoms with Crippen molar-refractivity contribution in [3.8, 4) is 11.1 Å². The Morgan fingerprint density at radius 1 is 1.21 bits per heavy atom. The van der Waals surface area contributed by atoms with Crippen LogP contribution in [0.4, 0.5) is 11.5 Å². The minimum atomic E-state index is -0.450. The van der Waals surface area contributed by atoms with E-state index in [2.05, 4.69) is 10.3 Å². The first-order valence-corrected chi connectivity index (χ1v) is 7.45. The van der Waals surface area contributed by atoms with Gasteiger partial charge in [-0.2, -0.15) is 0 Å². The number of anilines is 1. The molecule has 0 saturated carbocycles. The molecule has 2 aromatic carbocycles. The molecule has 0 spiro atoms. The summed E-state index contributed by atoms with van der Waals surface area (Å²) in [6.45, 7) is 1.39. The number of benzene rings is 2. The maximum absolute atomic E-state index is 11.3. The smallest absolute Gasteiger partial charge is 0.269 e. The molecule has 7 heteroatoms. The zero-order chi connectivity index (χ0) is 17.3. The van der Waals surface area contributed by atoms with Gasteiger partial charge in [0.25, 0.3) is 5.69 Å². The standard InChI is InChI=1S/C17H12ClN3O3/c1-10(22)19-16-9-14(11-5-7-12(8-6-11)21(23)24)13-3-2-4-15(18)17(13)20-16/h2-9H,1H3,(H,19,20,22). The fraction of sp³-hybridized carbons (Fsp3) is 0.0588. The SMILES string of the molecule is CC(=O)Nc1cc(-c2ccc([N+](=O)[O-])cc2)c2cccc(Cl)c2n1. The van der Waals surface area contributed by atoms with E-state index in [1.165, 1.54) is 19.1 Å². The zero-order valence-corrected chi connectivity index (χ0v) is 13.4. The topological polar surface area (TPSA) is 85.1 Å². The summed E-state index contributed by atoms with van der Waals surface area (Å²) in [6, 6.07) is 13.3. The van der Waals surface area contributed by atoms with Gasteiger partial charge < -0.3 is 5.32 Å². The van der Waals surface area contributed by atoms with Crippen LogP contribution < -0.4 is 5.32 Å². The Kier molecular flexibility index (Phi) is 4.14. The first-order chi connectivity index (χ1) is 11.5. The summed E-state index contributed by atoms with van der Waals surface area (Å²) in [5.41, 5.74) is 2.11. The van der Waals surface area contributed by atoms with Crippen molar-refractivity contribution in [1.29, 1.82) is 0 Å². The Morgan fingerprint density at radius 3 is 2.54 bits per heavy atom. The lowest BCUT2D eigenvalue weighted by Crippen LogP contribution is -2.07. The summed E-state index contributed by atoms with van der Waals surface area (Å²) in [6.07, 6.45) is 0. The molecule has 3 rings (SSSR count). The van der Waals surface area contributed by atoms with Crippen molar-refractivity contribution in [2.45, 2.75) is 6.92 Å². The van der Waals surface area contributed by atoms with E-state index in [-0.39, 0.29) is 11.6 Å². The van der Waals surface area contributed by atoms with E-state index in [9.17, 15) is 14.9 Å². The highest BCUT2D eigenvalue weighted by molar-refractivity contribution is 6.35. The molecule has 24 heavy (non-hydrogen) atoms. The highest BCUT2D eigenvalue weighted by Crippen LogP contribution is 2.34. The first-order valence-electron chi connectivity index (χ1n) is 7.07. The monoisotopic (exact) mass is 341 g/mol. The van der Waals surface area contributed by atoms with Gasteiger partial charge in [0.15, 0.2) is 0 Å². The number of non-ortho nitro benzene ring substituents is 1. The summed E-state index contributed by atoms with van der Waals surface area (Å²) in [5, 5.41) is 14.7. The van der Waals surface area contributed by atoms with Crippen LogP contribution in [0.15, 0.2) is 48.5 Å². The van der Waals surface area contributed by atoms with Gasteiger partial charge in [-0.3, -0.25) is 14.9 Å². The molecule has 1 aromatic heterocycles. The van der Waals surface area contributed by atoms with E-state index < -0.39 is 4.92 Å². The van der Waals surface area contributed by atoms with Crippen LogP contribution >= 0.6 is 11.6 Å². The number of pyridine rings is 1. The number of halogens is 1. The lowest BCUT2D eigenvalue weighted by molar-refractivity contribution is -0.384. The van der Waals surface area contributed by atoms with Crippen LogP contribution in [0.25, 0.3) is 22.0 Å². The highest BCUT2D eigenvalue weighted by Gasteiger charge is 2.12. The number of fused-ring (bicyclic) bond motifs is 1. The van der Waals surface area contributed by atoms with Crippen molar-refractivity contribution in [1.82, 2.24) is 4.98 Å². The number of amides is 1. The van der Waals surface area contributed by atoms with E-state index in [0.29, 0.717) is 16.4 Å². The second-order valence-corrected chi connectivity index (χ2v) is 5.58. The van der Waals surface area contributed by atoms with E-state index in [1.54, 1.807) is 30.3 Å². The molecule has 0 aliphatic heterocycles. The number of rotatable bonds is 3. The number of carbonyl (C=O) groups is 1. The average molecular weight is 342 g/mol. The minimum Gasteiger partial charge on any atom is -0.311 e. The molecule has 0 fully saturated rings. The predicted molar refractivity (Wildman–Crippen MR) is 93.1 cm³/mol. The van der Waals surface area contributed by atoms with Crippen LogP contribution in [-0.4, -0.2) is 15.8 Å². The Hall–Kier alpha value is -2.99. The molecule has 120 valence electrons. The van der Waals surface area contributed by atoms with Gasteiger partial charge in [0.2, 0.25) is 5.91 Å². The largest absolute Gasteiger partial charge is 0.311 e. The average Bonchev–Trinajstić information content (AvgIpc) is 2.54.